The van der Waals surface area contributed by atoms with Gasteiger partial charge in [-0.05, 0) is 19.1 Å². The highest BCUT2D eigenvalue weighted by Gasteiger charge is 2.32. The molecule has 2 aliphatic rings. The third kappa shape index (κ3) is 3.97. The molecule has 3 amide bonds. The second-order valence-electron chi connectivity index (χ2n) is 6.05. The fourth-order valence-electron chi connectivity index (χ4n) is 3.03. The van der Waals surface area contributed by atoms with Gasteiger partial charge in [0.1, 0.15) is 5.75 Å². The first-order valence-electron chi connectivity index (χ1n) is 8.69. The minimum atomic E-state index is -0.700. The molecule has 2 heterocycles. The number of carbonyl (C=O) groups excluding carboxylic acids is 3. The molecule has 1 atom stereocenters. The summed E-state index contributed by atoms with van der Waals surface area (Å²) < 4.78 is 10.9. The van der Waals surface area contributed by atoms with E-state index >= 15 is 0 Å². The molecule has 0 radical (unpaired) electrons. The van der Waals surface area contributed by atoms with Crippen LogP contribution in [0.3, 0.4) is 0 Å². The van der Waals surface area contributed by atoms with E-state index in [4.69, 9.17) is 9.47 Å². The van der Waals surface area contributed by atoms with E-state index in [1.54, 1.807) is 20.0 Å². The number of benzene rings is 1. The zero-order valence-corrected chi connectivity index (χ0v) is 15.2. The summed E-state index contributed by atoms with van der Waals surface area (Å²) in [5.74, 6) is -0.163. The van der Waals surface area contributed by atoms with Crippen LogP contribution >= 0.6 is 0 Å². The third-order valence-corrected chi connectivity index (χ3v) is 4.33. The molecule has 0 fully saturated rings. The van der Waals surface area contributed by atoms with Crippen LogP contribution in [0.5, 0.6) is 5.75 Å². The maximum atomic E-state index is 12.2. The van der Waals surface area contributed by atoms with Crippen molar-refractivity contribution >= 4 is 23.6 Å². The summed E-state index contributed by atoms with van der Waals surface area (Å²) in [6.07, 6.45) is -0.700. The first kappa shape index (κ1) is 18.6. The maximum absolute atomic E-state index is 12.2. The number of nitrogens with one attached hydrogen (secondary N) is 3. The minimum absolute atomic E-state index is 0.0882. The normalized spacial score (nSPS) is 18.7. The largest absolute Gasteiger partial charge is 0.477 e. The number of urea groups is 1. The van der Waals surface area contributed by atoms with Crippen molar-refractivity contribution in [3.05, 3.63) is 35.5 Å². The number of carbonyl (C=O) groups is 3. The zero-order chi connectivity index (χ0) is 19.4. The van der Waals surface area contributed by atoms with Crippen LogP contribution in [-0.2, 0) is 14.3 Å². The highest BCUT2D eigenvalue weighted by atomic mass is 16.5. The van der Waals surface area contributed by atoms with E-state index < -0.39 is 12.1 Å². The number of esters is 1. The lowest BCUT2D eigenvalue weighted by Gasteiger charge is -2.36. The summed E-state index contributed by atoms with van der Waals surface area (Å²) in [5, 5.41) is 7.85. The molecule has 3 rings (SSSR count). The fraction of sp³-hybridized carbons (Fsp3) is 0.389. The summed E-state index contributed by atoms with van der Waals surface area (Å²) in [4.78, 5) is 38.0. The van der Waals surface area contributed by atoms with Gasteiger partial charge >= 0.3 is 12.0 Å². The van der Waals surface area contributed by atoms with Crippen molar-refractivity contribution < 1.29 is 23.9 Å². The number of hydrogen-bond acceptors (Lipinski definition) is 6. The van der Waals surface area contributed by atoms with Crippen molar-refractivity contribution in [2.24, 2.45) is 0 Å². The lowest BCUT2D eigenvalue weighted by Crippen LogP contribution is -2.51. The molecule has 1 aromatic carbocycles. The van der Waals surface area contributed by atoms with Gasteiger partial charge in [0.05, 0.1) is 43.2 Å². The van der Waals surface area contributed by atoms with Crippen LogP contribution < -0.4 is 25.6 Å². The van der Waals surface area contributed by atoms with Gasteiger partial charge in [-0.2, -0.15) is 0 Å². The minimum Gasteiger partial charge on any atom is -0.477 e. The van der Waals surface area contributed by atoms with Crippen LogP contribution in [0.4, 0.5) is 10.5 Å². The average molecular weight is 374 g/mol. The van der Waals surface area contributed by atoms with E-state index in [2.05, 4.69) is 16.0 Å². The van der Waals surface area contributed by atoms with Crippen LogP contribution in [0.15, 0.2) is 35.5 Å². The van der Waals surface area contributed by atoms with Crippen LogP contribution in [0.2, 0.25) is 0 Å². The van der Waals surface area contributed by atoms with E-state index in [-0.39, 0.29) is 38.2 Å². The molecule has 27 heavy (non-hydrogen) atoms. The van der Waals surface area contributed by atoms with Gasteiger partial charge in [0, 0.05) is 7.05 Å². The number of ether oxygens (including phenoxy) is 2. The van der Waals surface area contributed by atoms with Crippen LogP contribution in [-0.4, -0.2) is 57.3 Å². The lowest BCUT2D eigenvalue weighted by atomic mass is 10.1. The lowest BCUT2D eigenvalue weighted by molar-refractivity contribution is -0.138. The summed E-state index contributed by atoms with van der Waals surface area (Å²) in [6.45, 7) is 2.56. The predicted molar refractivity (Wildman–Crippen MR) is 97.3 cm³/mol. The van der Waals surface area contributed by atoms with Crippen LogP contribution in [0.25, 0.3) is 0 Å². The highest BCUT2D eigenvalue weighted by Crippen LogP contribution is 2.33. The molecular formula is C18H22N4O5. The van der Waals surface area contributed by atoms with Gasteiger partial charge in [0.2, 0.25) is 0 Å². The molecule has 2 aliphatic heterocycles. The topological polar surface area (TPSA) is 109 Å². The first-order chi connectivity index (χ1) is 13.0. The maximum Gasteiger partial charge on any atom is 0.337 e. The second-order valence-corrected chi connectivity index (χ2v) is 6.05. The molecule has 9 heteroatoms. The number of nitrogens with zero attached hydrogens (tertiary/aromatic N) is 1. The van der Waals surface area contributed by atoms with Crippen LogP contribution in [0, 0.1) is 0 Å². The average Bonchev–Trinajstić information content (AvgIpc) is 2.67. The molecule has 0 unspecified atom stereocenters. The van der Waals surface area contributed by atoms with Crippen molar-refractivity contribution in [2.45, 2.75) is 13.0 Å². The van der Waals surface area contributed by atoms with Gasteiger partial charge < -0.3 is 30.3 Å². The van der Waals surface area contributed by atoms with Crippen molar-refractivity contribution in [1.82, 2.24) is 16.0 Å². The van der Waals surface area contributed by atoms with E-state index in [1.807, 2.05) is 23.1 Å². The number of para-hydroxylation sites is 2. The van der Waals surface area contributed by atoms with E-state index in [1.165, 1.54) is 0 Å². The van der Waals surface area contributed by atoms with Crippen LogP contribution in [0.1, 0.15) is 6.92 Å². The Morgan fingerprint density at radius 2 is 2.15 bits per heavy atom. The number of likely N-dealkylation sites (N-methyl/N-ethyl adjacent to an activating group) is 1. The molecule has 1 aromatic rings. The van der Waals surface area contributed by atoms with E-state index in [0.717, 1.165) is 5.69 Å². The first-order valence-corrected chi connectivity index (χ1v) is 8.69. The molecular weight excluding hydrogens is 352 g/mol. The summed E-state index contributed by atoms with van der Waals surface area (Å²) in [6, 6.07) is 6.93. The number of amides is 3. The fourth-order valence-corrected chi connectivity index (χ4v) is 3.03. The SMILES string of the molecule is CCOC(=O)C1=C(CN2C[C@@H](C(=O)NC)Oc3ccccc32)NC(=O)NC1. The van der Waals surface area contributed by atoms with Crippen molar-refractivity contribution in [2.75, 3.05) is 38.2 Å². The number of rotatable bonds is 5. The Kier molecular flexibility index (Phi) is 5.49. The number of anilines is 1. The molecule has 3 N–H and O–H groups in total. The third-order valence-electron chi connectivity index (χ3n) is 4.33. The molecule has 9 nitrogen and oxygen atoms in total. The van der Waals surface area contributed by atoms with Gasteiger partial charge in [-0.25, -0.2) is 9.59 Å². The standard InChI is InChI=1S/C18H22N4O5/c1-3-26-17(24)11-8-20-18(25)21-12(11)9-22-10-15(16(23)19-2)27-14-7-5-4-6-13(14)22/h4-7,15H,3,8-10H2,1-2H3,(H,19,23)(H2,20,21,25)/t15-/m0/s1. The van der Waals surface area contributed by atoms with E-state index in [0.29, 0.717) is 17.0 Å². The van der Waals surface area contributed by atoms with E-state index in [9.17, 15) is 14.4 Å². The van der Waals surface area contributed by atoms with Gasteiger partial charge in [-0.1, -0.05) is 12.1 Å². The van der Waals surface area contributed by atoms with Crippen molar-refractivity contribution in [3.63, 3.8) is 0 Å². The predicted octanol–water partition coefficient (Wildman–Crippen LogP) is 0.130. The zero-order valence-electron chi connectivity index (χ0n) is 15.2. The van der Waals surface area contributed by atoms with Crippen molar-refractivity contribution in [1.29, 1.82) is 0 Å². The molecule has 144 valence electrons. The molecule has 0 saturated carbocycles. The Labute approximate surface area is 156 Å². The molecule has 0 aromatic heterocycles. The number of fused-ring (bicyclic) bond motifs is 1. The summed E-state index contributed by atoms with van der Waals surface area (Å²) in [7, 11) is 1.55. The van der Waals surface area contributed by atoms with Crippen molar-refractivity contribution in [3.8, 4) is 5.75 Å². The highest BCUT2D eigenvalue weighted by molar-refractivity contribution is 5.94. The Morgan fingerprint density at radius 1 is 1.37 bits per heavy atom. The smallest absolute Gasteiger partial charge is 0.337 e. The quantitative estimate of drug-likeness (QED) is 0.632. The van der Waals surface area contributed by atoms with Gasteiger partial charge in [-0.15, -0.1) is 0 Å². The number of hydrogen-bond donors (Lipinski definition) is 3. The summed E-state index contributed by atoms with van der Waals surface area (Å²) in [5.41, 5.74) is 1.59. The Balaban J connectivity index is 1.92. The molecule has 0 spiro atoms. The molecule has 0 aliphatic carbocycles. The van der Waals surface area contributed by atoms with Gasteiger partial charge in [0.25, 0.3) is 5.91 Å². The van der Waals surface area contributed by atoms with Gasteiger partial charge in [-0.3, -0.25) is 4.79 Å². The Hall–Kier alpha value is -3.23. The molecule has 0 bridgehead atoms. The Morgan fingerprint density at radius 3 is 2.89 bits per heavy atom. The second kappa shape index (κ2) is 7.98. The Bertz CT molecular complexity index is 792. The van der Waals surface area contributed by atoms with Gasteiger partial charge in [0.15, 0.2) is 6.10 Å². The monoisotopic (exact) mass is 374 g/mol. The summed E-state index contributed by atoms with van der Waals surface area (Å²) >= 11 is 0. The molecule has 0 saturated heterocycles.